The summed E-state index contributed by atoms with van der Waals surface area (Å²) in [6, 6.07) is 3.66. The van der Waals surface area contributed by atoms with Crippen molar-refractivity contribution in [3.63, 3.8) is 0 Å². The molecule has 2 rings (SSSR count). The fourth-order valence-corrected chi connectivity index (χ4v) is 4.10. The molecule has 2 aromatic rings. The van der Waals surface area contributed by atoms with Gasteiger partial charge in [0.2, 0.25) is 17.7 Å². The van der Waals surface area contributed by atoms with E-state index in [1.54, 1.807) is 20.0 Å². The lowest BCUT2D eigenvalue weighted by atomic mass is 10.00. The Morgan fingerprint density at radius 1 is 0.972 bits per heavy atom. The van der Waals surface area contributed by atoms with Gasteiger partial charge in [0.25, 0.3) is 0 Å². The number of aliphatic carboxylic acids is 1. The van der Waals surface area contributed by atoms with Crippen LogP contribution in [0.3, 0.4) is 0 Å². The second kappa shape index (κ2) is 13.3. The van der Waals surface area contributed by atoms with Gasteiger partial charge in [0.1, 0.15) is 18.1 Å². The molecule has 1 aromatic carbocycles. The molecule has 11 heteroatoms. The number of benzene rings is 1. The first-order valence-corrected chi connectivity index (χ1v) is 12.6. The summed E-state index contributed by atoms with van der Waals surface area (Å²) < 4.78 is 0. The predicted molar refractivity (Wildman–Crippen MR) is 142 cm³/mol. The molecule has 0 radical (unpaired) electrons. The number of rotatable bonds is 13. The van der Waals surface area contributed by atoms with Crippen LogP contribution in [-0.2, 0) is 25.6 Å². The van der Waals surface area contributed by atoms with Crippen LogP contribution in [0.15, 0.2) is 30.5 Å². The Morgan fingerprint density at radius 3 is 2.19 bits per heavy atom. The van der Waals surface area contributed by atoms with Crippen LogP contribution in [0.2, 0.25) is 0 Å². The molecular weight excluding hydrogens is 482 g/mol. The van der Waals surface area contributed by atoms with E-state index in [0.717, 1.165) is 16.5 Å². The molecule has 7 N–H and O–H groups in total. The molecule has 0 fully saturated rings. The zero-order valence-electron chi connectivity index (χ0n) is 21.1. The van der Waals surface area contributed by atoms with Crippen LogP contribution in [0, 0.1) is 11.8 Å². The minimum Gasteiger partial charge on any atom is -0.480 e. The number of para-hydroxylation sites is 1. The van der Waals surface area contributed by atoms with E-state index in [4.69, 9.17) is 5.73 Å². The summed E-state index contributed by atoms with van der Waals surface area (Å²) in [5, 5.41) is 18.1. The summed E-state index contributed by atoms with van der Waals surface area (Å²) in [4.78, 5) is 53.2. The fourth-order valence-electron chi connectivity index (χ4n) is 3.85. The minimum atomic E-state index is -1.14. The number of carboxylic acids is 1. The highest BCUT2D eigenvalue weighted by atomic mass is 32.1. The molecule has 0 aliphatic carbocycles. The molecule has 10 nitrogen and oxygen atoms in total. The predicted octanol–water partition coefficient (Wildman–Crippen LogP) is 1.21. The number of thiol groups is 1. The van der Waals surface area contributed by atoms with Gasteiger partial charge in [-0.15, -0.1) is 0 Å². The van der Waals surface area contributed by atoms with E-state index in [0.29, 0.717) is 0 Å². The summed E-state index contributed by atoms with van der Waals surface area (Å²) in [6.07, 6.45) is 2.32. The maximum absolute atomic E-state index is 12.9. The molecule has 0 spiro atoms. The van der Waals surface area contributed by atoms with Crippen molar-refractivity contribution >= 4 is 47.2 Å². The quantitative estimate of drug-likeness (QED) is 0.196. The number of amides is 3. The Kier molecular flexibility index (Phi) is 10.8. The van der Waals surface area contributed by atoms with Gasteiger partial charge in [-0.2, -0.15) is 12.6 Å². The molecule has 4 atom stereocenters. The molecule has 1 aromatic heterocycles. The lowest BCUT2D eigenvalue weighted by Crippen LogP contribution is -2.59. The number of hydrogen-bond acceptors (Lipinski definition) is 6. The summed E-state index contributed by atoms with van der Waals surface area (Å²) in [5.41, 5.74) is 7.94. The number of aromatic amines is 1. The number of H-pyrrole nitrogens is 1. The van der Waals surface area contributed by atoms with Crippen LogP contribution in [0.25, 0.3) is 10.9 Å². The van der Waals surface area contributed by atoms with Crippen molar-refractivity contribution < 1.29 is 24.3 Å². The molecule has 0 aliphatic rings. The maximum atomic E-state index is 12.9. The SMILES string of the molecule is CC(C)CC(NC(=O)C(NC(=O)C(CS)NC(=O)C(N)Cc1c[nH]c2ccccc12)C(C)C)C(=O)O. The van der Waals surface area contributed by atoms with Crippen molar-refractivity contribution in [2.24, 2.45) is 17.6 Å². The molecule has 1 heterocycles. The third kappa shape index (κ3) is 7.99. The molecule has 0 saturated carbocycles. The molecule has 4 unspecified atom stereocenters. The second-order valence-electron chi connectivity index (χ2n) is 9.67. The highest BCUT2D eigenvalue weighted by Crippen LogP contribution is 2.18. The van der Waals surface area contributed by atoms with Crippen molar-refractivity contribution in [3.05, 3.63) is 36.0 Å². The summed E-state index contributed by atoms with van der Waals surface area (Å²) in [6.45, 7) is 7.17. The monoisotopic (exact) mass is 519 g/mol. The van der Waals surface area contributed by atoms with E-state index in [2.05, 4.69) is 33.6 Å². The Labute approximate surface area is 216 Å². The van der Waals surface area contributed by atoms with Crippen LogP contribution in [0.5, 0.6) is 0 Å². The average molecular weight is 520 g/mol. The van der Waals surface area contributed by atoms with Gasteiger partial charge < -0.3 is 31.8 Å². The van der Waals surface area contributed by atoms with Gasteiger partial charge in [-0.1, -0.05) is 45.9 Å². The lowest BCUT2D eigenvalue weighted by molar-refractivity contribution is -0.143. The third-order valence-electron chi connectivity index (χ3n) is 5.84. The first-order valence-electron chi connectivity index (χ1n) is 12.0. The molecule has 0 saturated heterocycles. The second-order valence-corrected chi connectivity index (χ2v) is 10.0. The number of carboxylic acid groups (broad SMARTS) is 1. The van der Waals surface area contributed by atoms with Gasteiger partial charge >= 0.3 is 5.97 Å². The highest BCUT2D eigenvalue weighted by molar-refractivity contribution is 7.80. The van der Waals surface area contributed by atoms with Crippen molar-refractivity contribution in [1.29, 1.82) is 0 Å². The van der Waals surface area contributed by atoms with Gasteiger partial charge in [0.15, 0.2) is 0 Å². The lowest BCUT2D eigenvalue weighted by Gasteiger charge is -2.27. The molecule has 36 heavy (non-hydrogen) atoms. The average Bonchev–Trinajstić information content (AvgIpc) is 3.22. The van der Waals surface area contributed by atoms with Crippen LogP contribution in [0.1, 0.15) is 39.7 Å². The molecule has 198 valence electrons. The minimum absolute atomic E-state index is 0.0189. The molecule has 3 amide bonds. The van der Waals surface area contributed by atoms with Crippen molar-refractivity contribution in [3.8, 4) is 0 Å². The number of aromatic nitrogens is 1. The Hall–Kier alpha value is -3.05. The number of fused-ring (bicyclic) bond motifs is 1. The van der Waals surface area contributed by atoms with E-state index >= 15 is 0 Å². The number of nitrogens with one attached hydrogen (secondary N) is 4. The smallest absolute Gasteiger partial charge is 0.326 e. The van der Waals surface area contributed by atoms with E-state index < -0.39 is 47.9 Å². The highest BCUT2D eigenvalue weighted by Gasteiger charge is 2.31. The fraction of sp³-hybridized carbons (Fsp3) is 0.520. The zero-order valence-corrected chi connectivity index (χ0v) is 22.0. The van der Waals surface area contributed by atoms with E-state index in [1.807, 2.05) is 38.1 Å². The van der Waals surface area contributed by atoms with Crippen LogP contribution < -0.4 is 21.7 Å². The first-order chi connectivity index (χ1) is 16.9. The normalized spacial score (nSPS) is 14.8. The van der Waals surface area contributed by atoms with Gasteiger partial charge in [0, 0.05) is 22.9 Å². The van der Waals surface area contributed by atoms with Crippen molar-refractivity contribution in [2.45, 2.75) is 64.7 Å². The number of carbonyl (C=O) groups is 4. The van der Waals surface area contributed by atoms with Gasteiger partial charge in [-0.05, 0) is 36.3 Å². The zero-order chi connectivity index (χ0) is 27.0. The van der Waals surface area contributed by atoms with E-state index in [-0.39, 0.29) is 30.4 Å². The topological polar surface area (TPSA) is 166 Å². The summed E-state index contributed by atoms with van der Waals surface area (Å²) in [5.74, 6) is -3.18. The van der Waals surface area contributed by atoms with E-state index in [9.17, 15) is 24.3 Å². The molecule has 0 bridgehead atoms. The van der Waals surface area contributed by atoms with Crippen LogP contribution >= 0.6 is 12.6 Å². The van der Waals surface area contributed by atoms with Crippen molar-refractivity contribution in [1.82, 2.24) is 20.9 Å². The Balaban J connectivity index is 2.02. The third-order valence-corrected chi connectivity index (χ3v) is 6.20. The first kappa shape index (κ1) is 29.2. The van der Waals surface area contributed by atoms with Gasteiger partial charge in [-0.3, -0.25) is 14.4 Å². The number of nitrogens with two attached hydrogens (primary N) is 1. The molecule has 0 aliphatic heterocycles. The van der Waals surface area contributed by atoms with Crippen LogP contribution in [-0.4, -0.2) is 63.7 Å². The summed E-state index contributed by atoms with van der Waals surface area (Å²) >= 11 is 4.18. The Morgan fingerprint density at radius 2 is 1.61 bits per heavy atom. The van der Waals surface area contributed by atoms with Gasteiger partial charge in [0.05, 0.1) is 6.04 Å². The largest absolute Gasteiger partial charge is 0.480 e. The van der Waals surface area contributed by atoms with E-state index in [1.165, 1.54) is 0 Å². The number of carbonyl (C=O) groups excluding carboxylic acids is 3. The van der Waals surface area contributed by atoms with Crippen LogP contribution in [0.4, 0.5) is 0 Å². The molecular formula is C25H37N5O5S. The maximum Gasteiger partial charge on any atom is 0.326 e. The number of hydrogen-bond donors (Lipinski definition) is 7. The summed E-state index contributed by atoms with van der Waals surface area (Å²) in [7, 11) is 0. The van der Waals surface area contributed by atoms with Gasteiger partial charge in [-0.25, -0.2) is 4.79 Å². The standard InChI is InChI=1S/C25H37N5O5S/c1-13(2)9-19(25(34)35)28-24(33)21(14(3)4)30-23(32)20(12-36)29-22(31)17(26)10-15-11-27-18-8-6-5-7-16(15)18/h5-8,11,13-14,17,19-21,27,36H,9-10,12,26H2,1-4H3,(H,28,33)(H,29,31)(H,30,32)(H,34,35). The Bertz CT molecular complexity index is 1070. The van der Waals surface area contributed by atoms with Crippen molar-refractivity contribution in [2.75, 3.05) is 5.75 Å².